The first-order valence-corrected chi connectivity index (χ1v) is 26.9. The minimum Gasteiger partial charge on any atom is -0.508 e. The molecule has 0 bridgehead atoms. The van der Waals surface area contributed by atoms with Gasteiger partial charge in [-0.05, 0) is 130 Å². The molecule has 2 aromatic heterocycles. The first-order chi connectivity index (χ1) is 40.3. The molecular weight excluding hydrogens is 1100 g/mol. The van der Waals surface area contributed by atoms with Gasteiger partial charge in [-0.3, -0.25) is 24.2 Å². The van der Waals surface area contributed by atoms with E-state index in [0.29, 0.717) is 56.7 Å². The summed E-state index contributed by atoms with van der Waals surface area (Å²) in [7, 11) is 0. The number of amides is 4. The average molecular weight is 1150 g/mol. The van der Waals surface area contributed by atoms with E-state index < -0.39 is 78.1 Å². The Balaban J connectivity index is 0.737. The van der Waals surface area contributed by atoms with E-state index in [-0.39, 0.29) is 71.6 Å². The Morgan fingerprint density at radius 2 is 1.29 bits per heavy atom. The minimum absolute atomic E-state index is 0.0389. The number of hydrogen-bond donors (Lipinski definition) is 10. The Kier molecular flexibility index (Phi) is 17.7. The molecule has 2 aliphatic rings. The largest absolute Gasteiger partial charge is 0.508 e. The molecule has 84 heavy (non-hydrogen) atoms. The monoisotopic (exact) mass is 1150 g/mol. The van der Waals surface area contributed by atoms with Crippen molar-refractivity contribution in [3.05, 3.63) is 177 Å². The summed E-state index contributed by atoms with van der Waals surface area (Å²) >= 11 is 5.49. The molecule has 0 radical (unpaired) electrons. The number of unbranched alkanes of at least 4 members (excludes halogenated alkanes) is 1. The second-order valence-corrected chi connectivity index (χ2v) is 20.3. The molecule has 0 saturated carbocycles. The number of fused-ring (bicyclic) bond motifs is 7. The Morgan fingerprint density at radius 3 is 1.95 bits per heavy atom. The van der Waals surface area contributed by atoms with Crippen LogP contribution in [0.25, 0.3) is 11.0 Å². The number of esters is 1. The van der Waals surface area contributed by atoms with Crippen LogP contribution in [0.2, 0.25) is 0 Å². The van der Waals surface area contributed by atoms with Crippen LogP contribution in [0, 0.1) is 25.7 Å². The molecule has 0 saturated heterocycles. The molecule has 7 aromatic rings. The average Bonchev–Trinajstić information content (AvgIpc) is 1.50. The molecule has 2 aliphatic heterocycles. The summed E-state index contributed by atoms with van der Waals surface area (Å²) < 4.78 is 12.1. The highest BCUT2D eigenvalue weighted by Gasteiger charge is 2.54. The number of hydrogen-bond acceptors (Lipinski definition) is 15. The van der Waals surface area contributed by atoms with Gasteiger partial charge in [0.1, 0.15) is 41.1 Å². The Labute approximate surface area is 485 Å². The number of benzene rings is 5. The van der Waals surface area contributed by atoms with Gasteiger partial charge in [-0.1, -0.05) is 30.0 Å². The van der Waals surface area contributed by atoms with E-state index in [1.165, 1.54) is 24.3 Å². The topological polar surface area (TPSA) is 330 Å². The van der Waals surface area contributed by atoms with Gasteiger partial charge in [0.2, 0.25) is 17.7 Å². The van der Waals surface area contributed by atoms with Gasteiger partial charge in [-0.2, -0.15) is 0 Å². The highest BCUT2D eigenvalue weighted by atomic mass is 32.1. The SMILES string of the molecule is Cc1nc2ccc(C(=O)N[C@H](Cc3ccc(C#Cc4ccncc4)cc3)C(=O)NCCC(=O)N[C@H](CC(=O)N[C@H](CCCCNC(=S)Nc3ccc4c(c3)C(=O)OC43c4ccc(O)cc4Oc4cc(O)ccc43)C(=O)O)C(=O)O)cc2nc1C. The van der Waals surface area contributed by atoms with Gasteiger partial charge < -0.3 is 61.8 Å². The van der Waals surface area contributed by atoms with Crippen molar-refractivity contribution in [1.82, 2.24) is 41.5 Å². The Morgan fingerprint density at radius 1 is 0.655 bits per heavy atom. The summed E-state index contributed by atoms with van der Waals surface area (Å²) in [5.41, 5.74) is 5.57. The number of carboxylic acid groups (broad SMARTS) is 2. The lowest BCUT2D eigenvalue weighted by molar-refractivity contribution is -0.144. The molecule has 10 N–H and O–H groups in total. The number of nitrogens with zero attached hydrogens (tertiary/aromatic N) is 3. The maximum Gasteiger partial charge on any atom is 0.340 e. The number of phenols is 2. The summed E-state index contributed by atoms with van der Waals surface area (Å²) in [5, 5.41) is 56.5. The number of rotatable bonds is 20. The van der Waals surface area contributed by atoms with E-state index in [9.17, 15) is 54.0 Å². The molecule has 0 unspecified atom stereocenters. The second kappa shape index (κ2) is 25.5. The number of pyridine rings is 1. The van der Waals surface area contributed by atoms with Crippen molar-refractivity contribution in [3.63, 3.8) is 0 Å². The number of ether oxygens (including phenoxy) is 2. The van der Waals surface area contributed by atoms with Gasteiger partial charge in [0.05, 0.1) is 34.4 Å². The fourth-order valence-electron chi connectivity index (χ4n) is 9.58. The van der Waals surface area contributed by atoms with Crippen molar-refractivity contribution >= 4 is 75.6 Å². The number of phenolic OH excluding ortho intramolecular Hbond substituents is 2. The molecule has 4 heterocycles. The summed E-state index contributed by atoms with van der Waals surface area (Å²) in [5.74, 6) is -0.101. The van der Waals surface area contributed by atoms with E-state index in [0.717, 1.165) is 11.3 Å². The first kappa shape index (κ1) is 58.2. The zero-order chi connectivity index (χ0) is 59.7. The number of aromatic nitrogens is 3. The fourth-order valence-corrected chi connectivity index (χ4v) is 9.80. The van der Waals surface area contributed by atoms with E-state index in [4.69, 9.17) is 21.7 Å². The van der Waals surface area contributed by atoms with Crippen molar-refractivity contribution < 1.29 is 63.5 Å². The smallest absolute Gasteiger partial charge is 0.340 e. The molecule has 5 aromatic carbocycles. The zero-order valence-corrected chi connectivity index (χ0v) is 46.0. The number of aryl methyl sites for hydroxylation is 2. The molecule has 23 heteroatoms. The third-order valence-electron chi connectivity index (χ3n) is 13.9. The van der Waals surface area contributed by atoms with Crippen LogP contribution in [-0.2, 0) is 40.7 Å². The third-order valence-corrected chi connectivity index (χ3v) is 14.2. The maximum atomic E-state index is 13.8. The summed E-state index contributed by atoms with van der Waals surface area (Å²) in [6.45, 7) is 3.62. The third kappa shape index (κ3) is 13.6. The van der Waals surface area contributed by atoms with Gasteiger partial charge in [0, 0.05) is 89.5 Å². The lowest BCUT2D eigenvalue weighted by Crippen LogP contribution is -2.49. The summed E-state index contributed by atoms with van der Waals surface area (Å²) in [6, 6.07) is 25.1. The van der Waals surface area contributed by atoms with Gasteiger partial charge in [-0.15, -0.1) is 0 Å². The lowest BCUT2D eigenvalue weighted by atomic mass is 9.77. The van der Waals surface area contributed by atoms with Gasteiger partial charge in [0.25, 0.3) is 5.91 Å². The number of carbonyl (C=O) groups excluding carboxylic acids is 5. The van der Waals surface area contributed by atoms with Crippen molar-refractivity contribution in [2.45, 2.75) is 76.1 Å². The van der Waals surface area contributed by atoms with Crippen molar-refractivity contribution in [2.75, 3.05) is 18.4 Å². The lowest BCUT2D eigenvalue weighted by Gasteiger charge is -2.36. The van der Waals surface area contributed by atoms with Crippen LogP contribution in [0.5, 0.6) is 23.0 Å². The predicted octanol–water partition coefficient (Wildman–Crippen LogP) is 5.55. The highest BCUT2D eigenvalue weighted by Crippen LogP contribution is 2.57. The number of aliphatic carboxylic acids is 2. The Hall–Kier alpha value is -10.5. The minimum atomic E-state index is -1.75. The van der Waals surface area contributed by atoms with Gasteiger partial charge >= 0.3 is 17.9 Å². The highest BCUT2D eigenvalue weighted by molar-refractivity contribution is 7.80. The summed E-state index contributed by atoms with van der Waals surface area (Å²) in [6.07, 6.45) is 2.73. The fraction of sp³-hybridized carbons (Fsp3) is 0.230. The van der Waals surface area contributed by atoms with Crippen molar-refractivity contribution in [3.8, 4) is 34.8 Å². The first-order valence-electron chi connectivity index (χ1n) is 26.5. The van der Waals surface area contributed by atoms with Crippen LogP contribution >= 0.6 is 12.2 Å². The molecule has 0 fully saturated rings. The molecule has 4 amide bonds. The molecule has 22 nitrogen and oxygen atoms in total. The standard InChI is InChI=1S/C61H55N9O13S/c1-33-34(2)66-48-28-38(12-19-46(48)65-33)55(75)70-49(27-37-10-8-35(9-11-37)6-7-36-20-24-62-25-21-36)56(76)63-26-22-53(73)69-50(58(79)80)32-54(74)68-47(57(77)78)5-3-4-23-64-60(84)67-39-13-16-43-42(29-39)59(81)83-61(43)44-17-14-40(71)30-51(44)82-52-31-41(72)15-18-45(52)61/h8-21,24-25,28-31,47,49-50,71-72H,3-5,22-23,26-27,32H2,1-2H3,(H,63,76)(H,68,74)(H,69,73)(H,70,75)(H,77,78)(H,79,80)(H2,64,67,84)/t47-,49-,50-/m1/s1. The number of anilines is 1. The van der Waals surface area contributed by atoms with Crippen LogP contribution in [0.15, 0.2) is 122 Å². The molecule has 9 rings (SSSR count). The Bertz CT molecular complexity index is 3780. The van der Waals surface area contributed by atoms with Crippen LogP contribution in [0.1, 0.15) is 97.6 Å². The van der Waals surface area contributed by atoms with Crippen LogP contribution in [-0.4, -0.2) is 113 Å². The van der Waals surface area contributed by atoms with Crippen molar-refractivity contribution in [1.29, 1.82) is 0 Å². The van der Waals surface area contributed by atoms with Crippen LogP contribution < -0.4 is 36.6 Å². The van der Waals surface area contributed by atoms with E-state index in [1.54, 1.807) is 104 Å². The number of nitrogens with one attached hydrogen (secondary N) is 6. The molecular formula is C61H55N9O13S. The van der Waals surface area contributed by atoms with Crippen LogP contribution in [0.4, 0.5) is 5.69 Å². The second-order valence-electron chi connectivity index (χ2n) is 19.8. The molecule has 428 valence electrons. The zero-order valence-electron chi connectivity index (χ0n) is 45.1. The molecule has 0 aliphatic carbocycles. The summed E-state index contributed by atoms with van der Waals surface area (Å²) in [4.78, 5) is 105. The number of aromatic hydroxyl groups is 2. The maximum absolute atomic E-state index is 13.8. The number of carboxylic acids is 2. The van der Waals surface area contributed by atoms with Gasteiger partial charge in [-0.25, -0.2) is 24.4 Å². The molecule has 3 atom stereocenters. The van der Waals surface area contributed by atoms with Crippen molar-refractivity contribution in [2.24, 2.45) is 0 Å². The molecule has 1 spiro atoms. The van der Waals surface area contributed by atoms with E-state index in [2.05, 4.69) is 58.7 Å². The number of thiocarbonyl (C=S) groups is 1. The predicted molar refractivity (Wildman–Crippen MR) is 308 cm³/mol. The van der Waals surface area contributed by atoms with E-state index >= 15 is 0 Å². The normalized spacial score (nSPS) is 13.4. The van der Waals surface area contributed by atoms with Gasteiger partial charge in [0.15, 0.2) is 10.7 Å². The number of carbonyl (C=O) groups is 7. The quantitative estimate of drug-likeness (QED) is 0.0193. The van der Waals surface area contributed by atoms with Crippen LogP contribution in [0.3, 0.4) is 0 Å². The van der Waals surface area contributed by atoms with E-state index in [1.807, 2.05) is 6.92 Å².